The zero-order valence-corrected chi connectivity index (χ0v) is 23.7. The van der Waals surface area contributed by atoms with Crippen molar-refractivity contribution in [2.24, 2.45) is 5.92 Å². The molecule has 0 bridgehead atoms. The maximum Gasteiger partial charge on any atom is 0.393 e. The highest BCUT2D eigenvalue weighted by Crippen LogP contribution is 2.26. The third-order valence-electron chi connectivity index (χ3n) is 5.99. The number of amides is 1. The van der Waals surface area contributed by atoms with Crippen molar-refractivity contribution in [2.75, 3.05) is 49.6 Å². The van der Waals surface area contributed by atoms with Crippen LogP contribution in [0.2, 0.25) is 0 Å². The summed E-state index contributed by atoms with van der Waals surface area (Å²) in [5.74, 6) is 0.0932. The highest BCUT2D eigenvalue weighted by atomic mass is 19.4. The van der Waals surface area contributed by atoms with Gasteiger partial charge in [0.05, 0.1) is 25.3 Å². The molecule has 2 N–H and O–H groups in total. The van der Waals surface area contributed by atoms with Crippen molar-refractivity contribution >= 4 is 17.3 Å². The van der Waals surface area contributed by atoms with Gasteiger partial charge in [-0.15, -0.1) is 0 Å². The van der Waals surface area contributed by atoms with Gasteiger partial charge in [-0.3, -0.25) is 4.79 Å². The van der Waals surface area contributed by atoms with Gasteiger partial charge in [0.25, 0.3) is 0 Å². The molecular weight excluding hydrogens is 510 g/mol. The molecule has 0 atom stereocenters. The number of halogens is 4. The molecule has 39 heavy (non-hydrogen) atoms. The molecular formula is C30H45F4N3O2. The number of benzene rings is 1. The van der Waals surface area contributed by atoms with Crippen LogP contribution in [-0.4, -0.2) is 51.5 Å². The van der Waals surface area contributed by atoms with Crippen molar-refractivity contribution in [3.63, 3.8) is 0 Å². The first kappa shape index (κ1) is 34.4. The van der Waals surface area contributed by atoms with Crippen LogP contribution in [0.15, 0.2) is 54.2 Å². The van der Waals surface area contributed by atoms with Crippen molar-refractivity contribution in [3.05, 3.63) is 60.0 Å². The molecule has 0 radical (unpaired) electrons. The molecule has 220 valence electrons. The van der Waals surface area contributed by atoms with E-state index in [0.717, 1.165) is 25.9 Å². The standard InChI is InChI=1S/C17H24FN3O2.C9H9F3.2C2H6/c18-15-12-14(1-2-16(15)21-7-9-23-10-8-21)20-17(22)11-13-3-5-19-6-4-13;10-9(11,12)7-8-5-3-1-2-4-6-8;2*1-2/h1-2,12-13,19H,3-11H2,(H,20,22);1-3,5-6H,4,7H2;2*1-2H3. The molecule has 1 aromatic rings. The zero-order valence-electron chi connectivity index (χ0n) is 23.7. The average molecular weight is 556 g/mol. The van der Waals surface area contributed by atoms with E-state index in [2.05, 4.69) is 10.6 Å². The van der Waals surface area contributed by atoms with Crippen LogP contribution in [0.25, 0.3) is 0 Å². The molecule has 2 aliphatic heterocycles. The number of piperidine rings is 1. The number of hydrogen-bond acceptors (Lipinski definition) is 4. The van der Waals surface area contributed by atoms with E-state index in [0.29, 0.717) is 62.0 Å². The van der Waals surface area contributed by atoms with Gasteiger partial charge in [0.15, 0.2) is 0 Å². The summed E-state index contributed by atoms with van der Waals surface area (Å²) in [5.41, 5.74) is 1.44. The summed E-state index contributed by atoms with van der Waals surface area (Å²) in [4.78, 5) is 14.1. The smallest absolute Gasteiger partial charge is 0.378 e. The van der Waals surface area contributed by atoms with Crippen molar-refractivity contribution in [1.82, 2.24) is 5.32 Å². The highest BCUT2D eigenvalue weighted by Gasteiger charge is 2.27. The number of nitrogens with zero attached hydrogens (tertiary/aromatic N) is 1. The number of anilines is 2. The fourth-order valence-corrected chi connectivity index (χ4v) is 4.19. The summed E-state index contributed by atoms with van der Waals surface area (Å²) in [5, 5.41) is 6.11. The van der Waals surface area contributed by atoms with E-state index >= 15 is 0 Å². The summed E-state index contributed by atoms with van der Waals surface area (Å²) in [6.45, 7) is 12.6. The molecule has 0 saturated carbocycles. The lowest BCUT2D eigenvalue weighted by atomic mass is 9.94. The van der Waals surface area contributed by atoms with Gasteiger partial charge in [-0.2, -0.15) is 13.2 Å². The predicted octanol–water partition coefficient (Wildman–Crippen LogP) is 7.42. The molecule has 1 aromatic carbocycles. The van der Waals surface area contributed by atoms with Crippen molar-refractivity contribution in [2.45, 2.75) is 66.0 Å². The molecule has 0 unspecified atom stereocenters. The number of hydrogen-bond donors (Lipinski definition) is 2. The molecule has 9 heteroatoms. The number of morpholine rings is 1. The van der Waals surface area contributed by atoms with E-state index in [1.54, 1.807) is 30.4 Å². The lowest BCUT2D eigenvalue weighted by molar-refractivity contribution is -0.126. The number of nitrogens with one attached hydrogen (secondary N) is 2. The van der Waals surface area contributed by atoms with Crippen LogP contribution in [0.4, 0.5) is 28.9 Å². The number of carbonyl (C=O) groups excluding carboxylic acids is 1. The van der Waals surface area contributed by atoms with E-state index < -0.39 is 12.6 Å². The molecule has 2 fully saturated rings. The minimum Gasteiger partial charge on any atom is -0.378 e. The highest BCUT2D eigenvalue weighted by molar-refractivity contribution is 5.91. The Hall–Kier alpha value is -2.65. The molecule has 2 saturated heterocycles. The predicted molar refractivity (Wildman–Crippen MR) is 153 cm³/mol. The monoisotopic (exact) mass is 555 g/mol. The average Bonchev–Trinajstić information content (AvgIpc) is 3.20. The Kier molecular flexibility index (Phi) is 17.1. The summed E-state index contributed by atoms with van der Waals surface area (Å²) in [7, 11) is 0. The first-order valence-electron chi connectivity index (χ1n) is 14.0. The van der Waals surface area contributed by atoms with Crippen LogP contribution in [0.5, 0.6) is 0 Å². The SMILES string of the molecule is CC.CC.FC(F)(F)CC1=CCC=CC=C1.O=C(CC1CCNCC1)Nc1ccc(N2CCOCC2)c(F)c1. The van der Waals surface area contributed by atoms with Gasteiger partial charge in [-0.1, -0.05) is 58.1 Å². The van der Waals surface area contributed by atoms with Gasteiger partial charge < -0.3 is 20.3 Å². The third kappa shape index (κ3) is 14.3. The Balaban J connectivity index is 0.000000402. The van der Waals surface area contributed by atoms with Crippen molar-refractivity contribution in [1.29, 1.82) is 0 Å². The second kappa shape index (κ2) is 19.4. The normalized spacial score (nSPS) is 17.2. The molecule has 1 amide bonds. The van der Waals surface area contributed by atoms with Gasteiger partial charge >= 0.3 is 6.18 Å². The second-order valence-corrected chi connectivity index (χ2v) is 8.81. The Labute approximate surface area is 231 Å². The van der Waals surface area contributed by atoms with Crippen molar-refractivity contribution in [3.8, 4) is 0 Å². The Morgan fingerprint density at radius 2 is 1.74 bits per heavy atom. The van der Waals surface area contributed by atoms with E-state index in [1.807, 2.05) is 38.7 Å². The Morgan fingerprint density at radius 1 is 1.08 bits per heavy atom. The maximum atomic E-state index is 14.3. The van der Waals surface area contributed by atoms with E-state index in [-0.39, 0.29) is 11.7 Å². The lowest BCUT2D eigenvalue weighted by Gasteiger charge is -2.29. The summed E-state index contributed by atoms with van der Waals surface area (Å²) in [6.07, 6.45) is 6.50. The lowest BCUT2D eigenvalue weighted by Crippen LogP contribution is -2.36. The minimum absolute atomic E-state index is 0.0320. The summed E-state index contributed by atoms with van der Waals surface area (Å²) in [6, 6.07) is 4.92. The molecule has 1 aliphatic carbocycles. The van der Waals surface area contributed by atoms with Gasteiger partial charge in [0.1, 0.15) is 5.82 Å². The minimum atomic E-state index is -4.10. The van der Waals surface area contributed by atoms with Crippen LogP contribution in [0.1, 0.15) is 59.8 Å². The number of allylic oxidation sites excluding steroid dienone is 6. The van der Waals surface area contributed by atoms with Crippen LogP contribution in [0.3, 0.4) is 0 Å². The topological polar surface area (TPSA) is 53.6 Å². The van der Waals surface area contributed by atoms with E-state index in [1.165, 1.54) is 12.1 Å². The fraction of sp³-hybridized carbons (Fsp3) is 0.567. The second-order valence-electron chi connectivity index (χ2n) is 8.81. The van der Waals surface area contributed by atoms with Gasteiger partial charge in [0.2, 0.25) is 5.91 Å². The van der Waals surface area contributed by atoms with E-state index in [4.69, 9.17) is 4.74 Å². The van der Waals surface area contributed by atoms with E-state index in [9.17, 15) is 22.4 Å². The van der Waals surface area contributed by atoms with Crippen LogP contribution >= 0.6 is 0 Å². The molecule has 2 heterocycles. The molecule has 3 aliphatic rings. The van der Waals surface area contributed by atoms with Crippen molar-refractivity contribution < 1.29 is 27.1 Å². The van der Waals surface area contributed by atoms with Crippen LogP contribution in [-0.2, 0) is 9.53 Å². The first-order chi connectivity index (χ1) is 18.8. The zero-order chi connectivity index (χ0) is 29.1. The molecule has 0 aromatic heterocycles. The molecule has 5 nitrogen and oxygen atoms in total. The maximum absolute atomic E-state index is 14.3. The Bertz CT molecular complexity index is 917. The van der Waals surface area contributed by atoms with Gasteiger partial charge in [0, 0.05) is 25.2 Å². The fourth-order valence-electron chi connectivity index (χ4n) is 4.19. The largest absolute Gasteiger partial charge is 0.393 e. The summed E-state index contributed by atoms with van der Waals surface area (Å²) < 4.78 is 55.2. The number of alkyl halides is 3. The number of rotatable bonds is 5. The number of ether oxygens (including phenoxy) is 1. The quantitative estimate of drug-likeness (QED) is 0.371. The van der Waals surface area contributed by atoms with Gasteiger partial charge in [-0.25, -0.2) is 4.39 Å². The Morgan fingerprint density at radius 3 is 2.36 bits per heavy atom. The first-order valence-corrected chi connectivity index (χ1v) is 14.0. The molecule has 0 spiro atoms. The van der Waals surface area contributed by atoms with Crippen LogP contribution in [0, 0.1) is 11.7 Å². The molecule has 4 rings (SSSR count). The number of carbonyl (C=O) groups is 1. The summed E-state index contributed by atoms with van der Waals surface area (Å²) >= 11 is 0. The third-order valence-corrected chi connectivity index (χ3v) is 5.99. The van der Waals surface area contributed by atoms with Gasteiger partial charge in [-0.05, 0) is 62.0 Å². The van der Waals surface area contributed by atoms with Crippen LogP contribution < -0.4 is 15.5 Å².